The molecule has 0 aliphatic carbocycles. The molecule has 0 saturated heterocycles. The van der Waals surface area contributed by atoms with Crippen molar-refractivity contribution in [3.05, 3.63) is 29.8 Å². The highest BCUT2D eigenvalue weighted by molar-refractivity contribution is 6.02. The van der Waals surface area contributed by atoms with Gasteiger partial charge in [-0.15, -0.1) is 0 Å². The quantitative estimate of drug-likeness (QED) is 0.794. The zero-order chi connectivity index (χ0) is 14.5. The smallest absolute Gasteiger partial charge is 0.339 e. The Kier molecular flexibility index (Phi) is 5.06. The fourth-order valence-electron chi connectivity index (χ4n) is 1.65. The fraction of sp³-hybridized carbons (Fsp3) is 0.429. The summed E-state index contributed by atoms with van der Waals surface area (Å²) in [4.78, 5) is 23.8. The van der Waals surface area contributed by atoms with Crippen LogP contribution in [0.15, 0.2) is 24.3 Å². The van der Waals surface area contributed by atoms with E-state index in [4.69, 9.17) is 5.73 Å². The van der Waals surface area contributed by atoms with Gasteiger partial charge in [-0.3, -0.25) is 4.79 Å². The molecule has 0 aliphatic rings. The van der Waals surface area contributed by atoms with E-state index in [0.717, 1.165) is 0 Å². The predicted molar refractivity (Wildman–Crippen MR) is 73.9 cm³/mol. The lowest BCUT2D eigenvalue weighted by molar-refractivity contribution is -0.124. The number of methoxy groups -OCH3 is 1. The van der Waals surface area contributed by atoms with Crippen molar-refractivity contribution in [2.24, 2.45) is 11.1 Å². The molecular formula is C14H20N2O3. The van der Waals surface area contributed by atoms with Crippen molar-refractivity contribution in [1.82, 2.24) is 0 Å². The number of hydrogen-bond acceptors (Lipinski definition) is 4. The first-order valence-electron chi connectivity index (χ1n) is 6.11. The van der Waals surface area contributed by atoms with Crippen LogP contribution < -0.4 is 11.1 Å². The molecular weight excluding hydrogens is 244 g/mol. The normalized spacial score (nSPS) is 10.9. The number of benzene rings is 1. The van der Waals surface area contributed by atoms with Crippen LogP contribution in [0.2, 0.25) is 0 Å². The summed E-state index contributed by atoms with van der Waals surface area (Å²) in [5, 5.41) is 2.76. The van der Waals surface area contributed by atoms with Crippen LogP contribution >= 0.6 is 0 Å². The highest BCUT2D eigenvalue weighted by atomic mass is 16.5. The second kappa shape index (κ2) is 6.33. The van der Waals surface area contributed by atoms with Gasteiger partial charge in [0.15, 0.2) is 0 Å². The van der Waals surface area contributed by atoms with Crippen LogP contribution in [0.25, 0.3) is 0 Å². The Morgan fingerprint density at radius 1 is 1.32 bits per heavy atom. The van der Waals surface area contributed by atoms with Gasteiger partial charge < -0.3 is 15.8 Å². The largest absolute Gasteiger partial charge is 0.465 e. The molecule has 1 aromatic carbocycles. The molecule has 0 heterocycles. The summed E-state index contributed by atoms with van der Waals surface area (Å²) in [7, 11) is 1.30. The standard InChI is InChI=1S/C14H20N2O3/c1-14(2,8-9-15)13(18)16-11-7-5-4-6-10(11)12(17)19-3/h4-7H,8-9,15H2,1-3H3,(H,16,18). The first-order valence-corrected chi connectivity index (χ1v) is 6.11. The lowest BCUT2D eigenvalue weighted by Gasteiger charge is -2.23. The number of rotatable bonds is 5. The van der Waals surface area contributed by atoms with E-state index in [1.54, 1.807) is 24.3 Å². The Bertz CT molecular complexity index is 470. The molecule has 1 aromatic rings. The number of nitrogens with two attached hydrogens (primary N) is 1. The highest BCUT2D eigenvalue weighted by Gasteiger charge is 2.27. The van der Waals surface area contributed by atoms with E-state index < -0.39 is 11.4 Å². The number of anilines is 1. The minimum absolute atomic E-state index is 0.172. The van der Waals surface area contributed by atoms with Gasteiger partial charge in [0.1, 0.15) is 0 Å². The Balaban J connectivity index is 2.94. The minimum atomic E-state index is -0.585. The van der Waals surface area contributed by atoms with Crippen molar-refractivity contribution in [2.45, 2.75) is 20.3 Å². The summed E-state index contributed by atoms with van der Waals surface area (Å²) < 4.78 is 4.68. The molecule has 3 N–H and O–H groups in total. The minimum Gasteiger partial charge on any atom is -0.465 e. The molecule has 19 heavy (non-hydrogen) atoms. The van der Waals surface area contributed by atoms with Gasteiger partial charge in [0.2, 0.25) is 5.91 Å². The summed E-state index contributed by atoms with van der Waals surface area (Å²) in [5.41, 5.74) is 5.69. The van der Waals surface area contributed by atoms with Crippen molar-refractivity contribution >= 4 is 17.6 Å². The van der Waals surface area contributed by atoms with E-state index in [1.165, 1.54) is 7.11 Å². The third kappa shape index (κ3) is 3.79. The molecule has 0 saturated carbocycles. The number of hydrogen-bond donors (Lipinski definition) is 2. The molecule has 0 radical (unpaired) electrons. The van der Waals surface area contributed by atoms with Gasteiger partial charge in [0, 0.05) is 5.41 Å². The molecule has 0 spiro atoms. The number of carbonyl (C=O) groups excluding carboxylic acids is 2. The maximum absolute atomic E-state index is 12.2. The first-order chi connectivity index (χ1) is 8.92. The maximum Gasteiger partial charge on any atom is 0.339 e. The van der Waals surface area contributed by atoms with Gasteiger partial charge in [-0.2, -0.15) is 0 Å². The zero-order valence-electron chi connectivity index (χ0n) is 11.5. The zero-order valence-corrected chi connectivity index (χ0v) is 11.5. The highest BCUT2D eigenvalue weighted by Crippen LogP contribution is 2.24. The SMILES string of the molecule is COC(=O)c1ccccc1NC(=O)C(C)(C)CCN. The molecule has 0 atom stereocenters. The molecule has 104 valence electrons. The summed E-state index contributed by atoms with van der Waals surface area (Å²) in [6.45, 7) is 4.06. The number of para-hydroxylation sites is 1. The van der Waals surface area contributed by atoms with Crippen molar-refractivity contribution < 1.29 is 14.3 Å². The number of esters is 1. The lowest BCUT2D eigenvalue weighted by atomic mass is 9.88. The van der Waals surface area contributed by atoms with Gasteiger partial charge in [-0.1, -0.05) is 26.0 Å². The average Bonchev–Trinajstić information content (AvgIpc) is 2.38. The second-order valence-electron chi connectivity index (χ2n) is 4.91. The Morgan fingerprint density at radius 3 is 2.53 bits per heavy atom. The van der Waals surface area contributed by atoms with Crippen LogP contribution in [0.4, 0.5) is 5.69 Å². The molecule has 0 bridgehead atoms. The Morgan fingerprint density at radius 2 is 1.95 bits per heavy atom. The third-order valence-corrected chi connectivity index (χ3v) is 2.96. The van der Waals surface area contributed by atoms with Crippen LogP contribution in [0.5, 0.6) is 0 Å². The molecule has 1 amide bonds. The molecule has 0 fully saturated rings. The van der Waals surface area contributed by atoms with Crippen LogP contribution in [0.1, 0.15) is 30.6 Å². The molecule has 0 unspecified atom stereocenters. The molecule has 5 nitrogen and oxygen atoms in total. The number of amides is 1. The second-order valence-corrected chi connectivity index (χ2v) is 4.91. The number of nitrogens with one attached hydrogen (secondary N) is 1. The summed E-state index contributed by atoms with van der Waals surface area (Å²) in [6, 6.07) is 6.74. The van der Waals surface area contributed by atoms with E-state index in [1.807, 2.05) is 13.8 Å². The summed E-state index contributed by atoms with van der Waals surface area (Å²) >= 11 is 0. The van der Waals surface area contributed by atoms with E-state index in [9.17, 15) is 9.59 Å². The van der Waals surface area contributed by atoms with Crippen LogP contribution in [-0.4, -0.2) is 25.5 Å². The monoisotopic (exact) mass is 264 g/mol. The maximum atomic E-state index is 12.2. The van der Waals surface area contributed by atoms with E-state index in [0.29, 0.717) is 24.2 Å². The van der Waals surface area contributed by atoms with Crippen molar-refractivity contribution in [3.8, 4) is 0 Å². The molecule has 1 rings (SSSR count). The Hall–Kier alpha value is -1.88. The van der Waals surface area contributed by atoms with Crippen LogP contribution in [0, 0.1) is 5.41 Å². The third-order valence-electron chi connectivity index (χ3n) is 2.96. The van der Waals surface area contributed by atoms with Crippen LogP contribution in [-0.2, 0) is 9.53 Å². The van der Waals surface area contributed by atoms with Gasteiger partial charge >= 0.3 is 5.97 Å². The van der Waals surface area contributed by atoms with Gasteiger partial charge in [-0.05, 0) is 25.1 Å². The van der Waals surface area contributed by atoms with Crippen molar-refractivity contribution in [2.75, 3.05) is 19.0 Å². The Labute approximate surface area is 113 Å². The summed E-state index contributed by atoms with van der Waals surface area (Å²) in [5.74, 6) is -0.651. The lowest BCUT2D eigenvalue weighted by Crippen LogP contribution is -2.33. The van der Waals surface area contributed by atoms with Crippen molar-refractivity contribution in [1.29, 1.82) is 0 Å². The molecule has 0 aromatic heterocycles. The predicted octanol–water partition coefficient (Wildman–Crippen LogP) is 1.79. The topological polar surface area (TPSA) is 81.4 Å². The average molecular weight is 264 g/mol. The summed E-state index contributed by atoms with van der Waals surface area (Å²) in [6.07, 6.45) is 0.569. The van der Waals surface area contributed by atoms with Gasteiger partial charge in [0.25, 0.3) is 0 Å². The number of ether oxygens (including phenoxy) is 1. The van der Waals surface area contributed by atoms with E-state index in [-0.39, 0.29) is 5.91 Å². The van der Waals surface area contributed by atoms with Gasteiger partial charge in [-0.25, -0.2) is 4.79 Å². The van der Waals surface area contributed by atoms with Crippen molar-refractivity contribution in [3.63, 3.8) is 0 Å². The molecule has 5 heteroatoms. The van der Waals surface area contributed by atoms with Gasteiger partial charge in [0.05, 0.1) is 18.4 Å². The van der Waals surface area contributed by atoms with E-state index >= 15 is 0 Å². The first kappa shape index (κ1) is 15.2. The number of carbonyl (C=O) groups is 2. The van der Waals surface area contributed by atoms with E-state index in [2.05, 4.69) is 10.1 Å². The van der Waals surface area contributed by atoms with Crippen LogP contribution in [0.3, 0.4) is 0 Å². The fourth-order valence-corrected chi connectivity index (χ4v) is 1.65. The molecule has 0 aliphatic heterocycles.